The van der Waals surface area contributed by atoms with Crippen LogP contribution >= 0.6 is 11.8 Å². The molecule has 0 aromatic heterocycles. The van der Waals surface area contributed by atoms with Gasteiger partial charge in [0.15, 0.2) is 0 Å². The summed E-state index contributed by atoms with van der Waals surface area (Å²) in [6.45, 7) is 2.47. The summed E-state index contributed by atoms with van der Waals surface area (Å²) in [5.74, 6) is -1.24. The zero-order valence-electron chi connectivity index (χ0n) is 14.2. The normalized spacial score (nSPS) is 17.0. The number of ether oxygens (including phenoxy) is 2. The lowest BCUT2D eigenvalue weighted by atomic mass is 10.1. The van der Waals surface area contributed by atoms with Crippen molar-refractivity contribution >= 4 is 27.8 Å². The predicted molar refractivity (Wildman–Crippen MR) is 95.5 cm³/mol. The van der Waals surface area contributed by atoms with Crippen LogP contribution in [0.5, 0.6) is 0 Å². The van der Waals surface area contributed by atoms with Crippen molar-refractivity contribution in [2.75, 3.05) is 44.6 Å². The molecule has 1 aromatic rings. The molecule has 0 spiro atoms. The van der Waals surface area contributed by atoms with Crippen molar-refractivity contribution in [1.82, 2.24) is 4.90 Å². The molecule has 0 bridgehead atoms. The third-order valence-corrected chi connectivity index (χ3v) is 5.26. The number of esters is 1. The molecule has 7 nitrogen and oxygen atoms in total. The van der Waals surface area contributed by atoms with E-state index < -0.39 is 34.0 Å². The SMILES string of the molecule is O=C(Cc1ccc(SCF)cc1)OC(CN1CCOCC1)CS(=O)(=O)O. The molecule has 1 N–H and O–H groups in total. The molecular weight excluding hydrogens is 385 g/mol. The summed E-state index contributed by atoms with van der Waals surface area (Å²) in [6, 6.07) is 6.27. The van der Waals surface area contributed by atoms with Crippen LogP contribution in [0.25, 0.3) is 0 Å². The van der Waals surface area contributed by atoms with Gasteiger partial charge in [0.25, 0.3) is 10.1 Å². The number of thioether (sulfide) groups is 1. The van der Waals surface area contributed by atoms with Crippen LogP contribution < -0.4 is 0 Å². The highest BCUT2D eigenvalue weighted by Crippen LogP contribution is 2.18. The molecule has 1 atom stereocenters. The number of rotatable bonds is 9. The van der Waals surface area contributed by atoms with E-state index in [1.807, 2.05) is 4.90 Å². The number of carbonyl (C=O) groups excluding carboxylic acids is 1. The Hall–Kier alpha value is -1.20. The van der Waals surface area contributed by atoms with Crippen molar-refractivity contribution < 1.29 is 31.6 Å². The second kappa shape index (κ2) is 10.2. The number of hydrogen-bond acceptors (Lipinski definition) is 7. The summed E-state index contributed by atoms with van der Waals surface area (Å²) >= 11 is 1.05. The fraction of sp³-hybridized carbons (Fsp3) is 0.562. The maximum absolute atomic E-state index is 12.3. The summed E-state index contributed by atoms with van der Waals surface area (Å²) in [5, 5.41) is 0. The Morgan fingerprint density at radius 2 is 1.96 bits per heavy atom. The zero-order valence-corrected chi connectivity index (χ0v) is 15.8. The van der Waals surface area contributed by atoms with E-state index in [2.05, 4.69) is 0 Å². The lowest BCUT2D eigenvalue weighted by molar-refractivity contribution is -0.148. The molecule has 1 aliphatic heterocycles. The number of morpholine rings is 1. The van der Waals surface area contributed by atoms with E-state index in [1.165, 1.54) is 0 Å². The molecule has 10 heteroatoms. The van der Waals surface area contributed by atoms with Gasteiger partial charge in [-0.1, -0.05) is 23.9 Å². The van der Waals surface area contributed by atoms with Crippen molar-refractivity contribution in [3.63, 3.8) is 0 Å². The van der Waals surface area contributed by atoms with Crippen LogP contribution in [-0.4, -0.2) is 74.6 Å². The van der Waals surface area contributed by atoms with E-state index in [0.717, 1.165) is 16.7 Å². The minimum Gasteiger partial charge on any atom is -0.460 e. The summed E-state index contributed by atoms with van der Waals surface area (Å²) in [7, 11) is -4.28. The topological polar surface area (TPSA) is 93.1 Å². The predicted octanol–water partition coefficient (Wildman–Crippen LogP) is 1.38. The fourth-order valence-corrected chi connectivity index (χ4v) is 3.69. The van der Waals surface area contributed by atoms with Crippen LogP contribution in [0.3, 0.4) is 0 Å². The average Bonchev–Trinajstić information content (AvgIpc) is 2.56. The number of alkyl halides is 1. The van der Waals surface area contributed by atoms with E-state index in [0.29, 0.717) is 31.9 Å². The van der Waals surface area contributed by atoms with E-state index in [1.54, 1.807) is 24.3 Å². The Bertz CT molecular complexity index is 676. The molecule has 0 amide bonds. The van der Waals surface area contributed by atoms with Crippen molar-refractivity contribution in [2.45, 2.75) is 17.4 Å². The van der Waals surface area contributed by atoms with Crippen LogP contribution in [0.2, 0.25) is 0 Å². The molecule has 146 valence electrons. The Morgan fingerprint density at radius 1 is 1.31 bits per heavy atom. The van der Waals surface area contributed by atoms with Gasteiger partial charge in [-0.05, 0) is 17.7 Å². The maximum Gasteiger partial charge on any atom is 0.310 e. The van der Waals surface area contributed by atoms with Gasteiger partial charge >= 0.3 is 5.97 Å². The average molecular weight is 407 g/mol. The summed E-state index contributed by atoms with van der Waals surface area (Å²) < 4.78 is 54.3. The fourth-order valence-electron chi connectivity index (χ4n) is 2.59. The first-order valence-corrected chi connectivity index (χ1v) is 10.7. The van der Waals surface area contributed by atoms with Crippen LogP contribution in [0.4, 0.5) is 4.39 Å². The van der Waals surface area contributed by atoms with Gasteiger partial charge in [-0.2, -0.15) is 8.42 Å². The Balaban J connectivity index is 1.93. The molecule has 1 heterocycles. The molecule has 1 saturated heterocycles. The van der Waals surface area contributed by atoms with Gasteiger partial charge < -0.3 is 9.47 Å². The monoisotopic (exact) mass is 407 g/mol. The van der Waals surface area contributed by atoms with Gasteiger partial charge in [-0.25, -0.2) is 4.39 Å². The van der Waals surface area contributed by atoms with E-state index >= 15 is 0 Å². The number of halogens is 1. The lowest BCUT2D eigenvalue weighted by Gasteiger charge is -2.29. The van der Waals surface area contributed by atoms with E-state index in [-0.39, 0.29) is 13.0 Å². The Kier molecular flexibility index (Phi) is 8.29. The van der Waals surface area contributed by atoms with Gasteiger partial charge in [0.1, 0.15) is 17.9 Å². The summed E-state index contributed by atoms with van der Waals surface area (Å²) in [4.78, 5) is 14.8. The quantitative estimate of drug-likeness (QED) is 0.373. The summed E-state index contributed by atoms with van der Waals surface area (Å²) in [5.41, 5.74) is 0.676. The Labute approximate surface area is 156 Å². The zero-order chi connectivity index (χ0) is 19.0. The molecule has 0 aliphatic carbocycles. The van der Waals surface area contributed by atoms with Gasteiger partial charge in [0.05, 0.1) is 19.6 Å². The van der Waals surface area contributed by atoms with E-state index in [4.69, 9.17) is 14.0 Å². The molecule has 0 radical (unpaired) electrons. The lowest BCUT2D eigenvalue weighted by Crippen LogP contribution is -2.44. The van der Waals surface area contributed by atoms with Crippen LogP contribution in [0, 0.1) is 0 Å². The maximum atomic E-state index is 12.3. The standard InChI is InChI=1S/C16H22FNO6S2/c17-12-25-15-3-1-13(2-4-15)9-16(19)24-14(11-26(20,21)22)10-18-5-7-23-8-6-18/h1-4,14H,5-12H2,(H,20,21,22). The molecule has 2 rings (SSSR count). The Morgan fingerprint density at radius 3 is 2.54 bits per heavy atom. The number of nitrogens with zero attached hydrogens (tertiary/aromatic N) is 1. The van der Waals surface area contributed by atoms with Gasteiger partial charge in [-0.15, -0.1) is 0 Å². The molecule has 1 fully saturated rings. The van der Waals surface area contributed by atoms with Gasteiger partial charge in [0, 0.05) is 24.5 Å². The highest BCUT2D eigenvalue weighted by Gasteiger charge is 2.25. The van der Waals surface area contributed by atoms with Crippen LogP contribution in [0.1, 0.15) is 5.56 Å². The van der Waals surface area contributed by atoms with Crippen molar-refractivity contribution in [2.24, 2.45) is 0 Å². The summed E-state index contributed by atoms with van der Waals surface area (Å²) in [6.07, 6.45) is -0.997. The first kappa shape index (κ1) is 21.1. The minimum atomic E-state index is -4.28. The second-order valence-electron chi connectivity index (χ2n) is 5.85. The number of hydrogen-bond donors (Lipinski definition) is 1. The first-order valence-electron chi connectivity index (χ1n) is 8.08. The van der Waals surface area contributed by atoms with Crippen molar-refractivity contribution in [3.8, 4) is 0 Å². The van der Waals surface area contributed by atoms with Gasteiger partial charge in [-0.3, -0.25) is 14.2 Å². The third kappa shape index (κ3) is 8.00. The van der Waals surface area contributed by atoms with Crippen molar-refractivity contribution in [1.29, 1.82) is 0 Å². The second-order valence-corrected chi connectivity index (χ2v) is 8.32. The smallest absolute Gasteiger partial charge is 0.310 e. The molecular formula is C16H22FNO6S2. The highest BCUT2D eigenvalue weighted by atomic mass is 32.2. The molecule has 1 aromatic carbocycles. The molecule has 1 unspecified atom stereocenters. The first-order chi connectivity index (χ1) is 12.4. The van der Waals surface area contributed by atoms with Gasteiger partial charge in [0.2, 0.25) is 0 Å². The van der Waals surface area contributed by atoms with Crippen LogP contribution in [0.15, 0.2) is 29.2 Å². The van der Waals surface area contributed by atoms with E-state index in [9.17, 15) is 17.6 Å². The highest BCUT2D eigenvalue weighted by molar-refractivity contribution is 7.99. The molecule has 26 heavy (non-hydrogen) atoms. The number of benzene rings is 1. The number of carbonyl (C=O) groups is 1. The molecule has 1 aliphatic rings. The third-order valence-electron chi connectivity index (χ3n) is 3.75. The minimum absolute atomic E-state index is 0.0361. The van der Waals surface area contributed by atoms with Crippen LogP contribution in [-0.2, 0) is 30.8 Å². The largest absolute Gasteiger partial charge is 0.460 e. The molecule has 0 saturated carbocycles. The van der Waals surface area contributed by atoms with Crippen molar-refractivity contribution in [3.05, 3.63) is 29.8 Å².